The first-order valence-electron chi connectivity index (χ1n) is 6.29. The zero-order chi connectivity index (χ0) is 13.8. The molecule has 0 aliphatic carbocycles. The number of carbonyl (C=O) groups is 2. The van der Waals surface area contributed by atoms with Crippen LogP contribution in [0.3, 0.4) is 0 Å². The second-order valence-electron chi connectivity index (χ2n) is 4.67. The number of aliphatic hydroxyl groups excluding tert-OH is 1. The molecule has 1 heterocycles. The summed E-state index contributed by atoms with van der Waals surface area (Å²) in [6, 6.07) is 6.92. The normalized spacial score (nSPS) is 15.8. The van der Waals surface area contributed by atoms with Crippen molar-refractivity contribution in [1.29, 1.82) is 0 Å². The number of carbonyl (C=O) groups excluding carboxylic acids is 2. The Morgan fingerprint density at radius 2 is 1.79 bits per heavy atom. The summed E-state index contributed by atoms with van der Waals surface area (Å²) in [5, 5.41) is 8.92. The summed E-state index contributed by atoms with van der Waals surface area (Å²) in [4.78, 5) is 25.4. The van der Waals surface area contributed by atoms with Crippen molar-refractivity contribution in [3.8, 4) is 0 Å². The Labute approximate surface area is 116 Å². The van der Waals surface area contributed by atoms with Crippen LogP contribution in [-0.2, 0) is 0 Å². The molecule has 0 bridgehead atoms. The monoisotopic (exact) mass is 279 g/mol. The van der Waals surface area contributed by atoms with Crippen LogP contribution >= 0.6 is 11.8 Å². The van der Waals surface area contributed by atoms with Crippen LogP contribution in [0.2, 0.25) is 0 Å². The van der Waals surface area contributed by atoms with Crippen molar-refractivity contribution < 1.29 is 14.7 Å². The maximum atomic E-state index is 12.0. The lowest BCUT2D eigenvalue weighted by atomic mass is 10.1. The number of rotatable bonds is 6. The number of imide groups is 1. The summed E-state index contributed by atoms with van der Waals surface area (Å²) in [6.45, 7) is 2.56. The quantitative estimate of drug-likeness (QED) is 0.635. The molecule has 0 saturated carbocycles. The zero-order valence-corrected chi connectivity index (χ0v) is 11.7. The molecule has 4 nitrogen and oxygen atoms in total. The lowest BCUT2D eigenvalue weighted by molar-refractivity contribution is 0.0664. The van der Waals surface area contributed by atoms with Crippen LogP contribution in [0.4, 0.5) is 0 Å². The van der Waals surface area contributed by atoms with E-state index in [1.54, 1.807) is 36.0 Å². The molecule has 19 heavy (non-hydrogen) atoms. The Bertz CT molecular complexity index is 454. The number of nitrogens with zero attached hydrogens (tertiary/aromatic N) is 1. The van der Waals surface area contributed by atoms with E-state index < -0.39 is 0 Å². The van der Waals surface area contributed by atoms with Crippen LogP contribution in [0.5, 0.6) is 0 Å². The van der Waals surface area contributed by atoms with Crippen molar-refractivity contribution in [2.24, 2.45) is 5.92 Å². The number of hydrogen-bond acceptors (Lipinski definition) is 4. The molecule has 102 valence electrons. The van der Waals surface area contributed by atoms with E-state index in [4.69, 9.17) is 5.11 Å². The third-order valence-electron chi connectivity index (χ3n) is 3.05. The van der Waals surface area contributed by atoms with Gasteiger partial charge < -0.3 is 5.11 Å². The van der Waals surface area contributed by atoms with E-state index in [0.29, 0.717) is 23.4 Å². The molecule has 0 spiro atoms. The molecule has 0 aromatic heterocycles. The number of fused-ring (bicyclic) bond motifs is 1. The number of benzene rings is 1. The number of aliphatic hydroxyl groups is 1. The van der Waals surface area contributed by atoms with E-state index in [1.807, 2.05) is 6.92 Å². The second-order valence-corrected chi connectivity index (χ2v) is 5.82. The van der Waals surface area contributed by atoms with Gasteiger partial charge in [-0.1, -0.05) is 19.1 Å². The van der Waals surface area contributed by atoms with Gasteiger partial charge in [0.2, 0.25) is 0 Å². The van der Waals surface area contributed by atoms with Gasteiger partial charge in [-0.3, -0.25) is 14.5 Å². The SMILES string of the molecule is CC(CO)CSCCN1C(=O)c2ccccc2C1=O. The molecule has 2 rings (SSSR count). The predicted molar refractivity (Wildman–Crippen MR) is 75.4 cm³/mol. The summed E-state index contributed by atoms with van der Waals surface area (Å²) in [7, 11) is 0. The smallest absolute Gasteiger partial charge is 0.261 e. The zero-order valence-electron chi connectivity index (χ0n) is 10.8. The molecule has 0 fully saturated rings. The summed E-state index contributed by atoms with van der Waals surface area (Å²) in [5.41, 5.74) is 1.00. The maximum Gasteiger partial charge on any atom is 0.261 e. The largest absolute Gasteiger partial charge is 0.396 e. The topological polar surface area (TPSA) is 57.6 Å². The standard InChI is InChI=1S/C14H17NO3S/c1-10(8-16)9-19-7-6-15-13(17)11-4-2-3-5-12(11)14(15)18/h2-5,10,16H,6-9H2,1H3. The fourth-order valence-electron chi connectivity index (χ4n) is 1.94. The van der Waals surface area contributed by atoms with Crippen molar-refractivity contribution in [1.82, 2.24) is 4.90 Å². The average Bonchev–Trinajstić information content (AvgIpc) is 2.68. The third-order valence-corrected chi connectivity index (χ3v) is 4.33. The Hall–Kier alpha value is -1.33. The van der Waals surface area contributed by atoms with E-state index in [1.165, 1.54) is 4.90 Å². The first-order chi connectivity index (χ1) is 9.15. The minimum atomic E-state index is -0.198. The Morgan fingerprint density at radius 1 is 1.21 bits per heavy atom. The van der Waals surface area contributed by atoms with Crippen molar-refractivity contribution in [2.75, 3.05) is 24.7 Å². The molecule has 1 aromatic carbocycles. The molecule has 0 saturated heterocycles. The molecule has 0 radical (unpaired) electrons. The minimum absolute atomic E-state index is 0.167. The molecular formula is C14H17NO3S. The van der Waals surface area contributed by atoms with Gasteiger partial charge in [-0.2, -0.15) is 11.8 Å². The number of thioether (sulfide) groups is 1. The van der Waals surface area contributed by atoms with Gasteiger partial charge in [0, 0.05) is 18.9 Å². The highest BCUT2D eigenvalue weighted by molar-refractivity contribution is 7.99. The highest BCUT2D eigenvalue weighted by Crippen LogP contribution is 2.22. The lowest BCUT2D eigenvalue weighted by Crippen LogP contribution is -2.32. The second kappa shape index (κ2) is 6.21. The predicted octanol–water partition coefficient (Wildman–Crippen LogP) is 1.64. The van der Waals surface area contributed by atoms with E-state index in [9.17, 15) is 9.59 Å². The van der Waals surface area contributed by atoms with Crippen LogP contribution in [-0.4, -0.2) is 46.5 Å². The van der Waals surface area contributed by atoms with Crippen LogP contribution in [0.25, 0.3) is 0 Å². The molecule has 1 aliphatic heterocycles. The van der Waals surface area contributed by atoms with E-state index in [2.05, 4.69) is 0 Å². The molecule has 1 N–H and O–H groups in total. The van der Waals surface area contributed by atoms with E-state index in [-0.39, 0.29) is 24.3 Å². The van der Waals surface area contributed by atoms with E-state index in [0.717, 1.165) is 5.75 Å². The number of amides is 2. The molecule has 2 amide bonds. The van der Waals surface area contributed by atoms with Gasteiger partial charge in [-0.25, -0.2) is 0 Å². The van der Waals surface area contributed by atoms with E-state index >= 15 is 0 Å². The summed E-state index contributed by atoms with van der Waals surface area (Å²) in [6.07, 6.45) is 0. The first kappa shape index (κ1) is 14.1. The highest BCUT2D eigenvalue weighted by Gasteiger charge is 2.34. The lowest BCUT2D eigenvalue weighted by Gasteiger charge is -2.14. The highest BCUT2D eigenvalue weighted by atomic mass is 32.2. The van der Waals surface area contributed by atoms with Crippen molar-refractivity contribution in [3.05, 3.63) is 35.4 Å². The minimum Gasteiger partial charge on any atom is -0.396 e. The summed E-state index contributed by atoms with van der Waals surface area (Å²) >= 11 is 1.65. The van der Waals surface area contributed by atoms with Gasteiger partial charge in [-0.15, -0.1) is 0 Å². The Morgan fingerprint density at radius 3 is 2.32 bits per heavy atom. The Balaban J connectivity index is 1.90. The van der Waals surface area contributed by atoms with Gasteiger partial charge in [0.05, 0.1) is 11.1 Å². The maximum absolute atomic E-state index is 12.0. The van der Waals surface area contributed by atoms with Crippen molar-refractivity contribution in [3.63, 3.8) is 0 Å². The first-order valence-corrected chi connectivity index (χ1v) is 7.44. The summed E-state index contributed by atoms with van der Waals surface area (Å²) in [5.74, 6) is 1.38. The Kier molecular flexibility index (Phi) is 4.61. The summed E-state index contributed by atoms with van der Waals surface area (Å²) < 4.78 is 0. The van der Waals surface area contributed by atoms with Crippen LogP contribution < -0.4 is 0 Å². The fraction of sp³-hybridized carbons (Fsp3) is 0.429. The van der Waals surface area contributed by atoms with Gasteiger partial charge >= 0.3 is 0 Å². The average molecular weight is 279 g/mol. The van der Waals surface area contributed by atoms with Crippen molar-refractivity contribution >= 4 is 23.6 Å². The molecule has 1 aromatic rings. The van der Waals surface area contributed by atoms with Gasteiger partial charge in [0.25, 0.3) is 11.8 Å². The molecule has 1 aliphatic rings. The van der Waals surface area contributed by atoms with Gasteiger partial charge in [0.1, 0.15) is 0 Å². The van der Waals surface area contributed by atoms with Crippen LogP contribution in [0.15, 0.2) is 24.3 Å². The molecule has 1 atom stereocenters. The van der Waals surface area contributed by atoms with Crippen molar-refractivity contribution in [2.45, 2.75) is 6.92 Å². The molecule has 5 heteroatoms. The molecule has 1 unspecified atom stereocenters. The number of hydrogen-bond donors (Lipinski definition) is 1. The molecular weight excluding hydrogens is 262 g/mol. The third kappa shape index (κ3) is 2.98. The fourth-order valence-corrected chi connectivity index (χ4v) is 2.92. The van der Waals surface area contributed by atoms with Crippen LogP contribution in [0.1, 0.15) is 27.6 Å². The van der Waals surface area contributed by atoms with Gasteiger partial charge in [0.15, 0.2) is 0 Å². The van der Waals surface area contributed by atoms with Gasteiger partial charge in [-0.05, 0) is 23.8 Å². The van der Waals surface area contributed by atoms with Crippen LogP contribution in [0, 0.1) is 5.92 Å².